The van der Waals surface area contributed by atoms with E-state index < -0.39 is 0 Å². The molecule has 0 bridgehead atoms. The van der Waals surface area contributed by atoms with E-state index in [9.17, 15) is 0 Å². The van der Waals surface area contributed by atoms with Gasteiger partial charge < -0.3 is 10.6 Å². The largest absolute Gasteiger partial charge is 0.328 e. The monoisotopic (exact) mass is 366 g/mol. The van der Waals surface area contributed by atoms with Crippen LogP contribution in [0.15, 0.2) is 37.1 Å². The number of nitrogens with zero attached hydrogens (tertiary/aromatic N) is 5. The molecule has 0 aliphatic carbocycles. The van der Waals surface area contributed by atoms with E-state index in [0.29, 0.717) is 5.92 Å². The van der Waals surface area contributed by atoms with Gasteiger partial charge in [0, 0.05) is 36.6 Å². The van der Waals surface area contributed by atoms with E-state index in [0.717, 1.165) is 46.5 Å². The van der Waals surface area contributed by atoms with E-state index in [1.165, 1.54) is 24.4 Å². The number of imidazole rings is 1. The SMILES string of the molecule is c1cn2c(-c3cn[nH]c3)cnc2c(Nc2cc(C3CCCNC3)ns2)n1. The third-order valence-electron chi connectivity index (χ3n) is 4.71. The van der Waals surface area contributed by atoms with Gasteiger partial charge in [0.15, 0.2) is 11.5 Å². The van der Waals surface area contributed by atoms with Crippen molar-refractivity contribution in [3.8, 4) is 11.3 Å². The van der Waals surface area contributed by atoms with Crippen molar-refractivity contribution in [2.45, 2.75) is 18.8 Å². The third-order valence-corrected chi connectivity index (χ3v) is 5.43. The maximum Gasteiger partial charge on any atom is 0.180 e. The zero-order valence-corrected chi connectivity index (χ0v) is 14.8. The number of aromatic amines is 1. The zero-order chi connectivity index (χ0) is 17.3. The summed E-state index contributed by atoms with van der Waals surface area (Å²) in [6.07, 6.45) is 11.5. The van der Waals surface area contributed by atoms with Crippen molar-refractivity contribution in [1.29, 1.82) is 0 Å². The molecule has 4 aromatic heterocycles. The summed E-state index contributed by atoms with van der Waals surface area (Å²) < 4.78 is 6.64. The maximum atomic E-state index is 4.63. The van der Waals surface area contributed by atoms with Crippen LogP contribution in [-0.4, -0.2) is 42.0 Å². The van der Waals surface area contributed by atoms with Gasteiger partial charge in [-0.05, 0) is 37.0 Å². The number of hydrogen-bond donors (Lipinski definition) is 3. The first-order valence-electron chi connectivity index (χ1n) is 8.64. The first kappa shape index (κ1) is 15.5. The van der Waals surface area contributed by atoms with E-state index in [1.54, 1.807) is 12.4 Å². The van der Waals surface area contributed by atoms with Gasteiger partial charge in [0.25, 0.3) is 0 Å². The van der Waals surface area contributed by atoms with Crippen LogP contribution in [0.1, 0.15) is 24.5 Å². The average Bonchev–Trinajstić information content (AvgIpc) is 3.43. The van der Waals surface area contributed by atoms with E-state index >= 15 is 0 Å². The zero-order valence-electron chi connectivity index (χ0n) is 14.0. The molecule has 132 valence electrons. The Morgan fingerprint density at radius 3 is 3.12 bits per heavy atom. The lowest BCUT2D eigenvalue weighted by molar-refractivity contribution is 0.457. The normalized spacial score (nSPS) is 17.6. The van der Waals surface area contributed by atoms with Gasteiger partial charge >= 0.3 is 0 Å². The minimum atomic E-state index is 0.499. The van der Waals surface area contributed by atoms with Crippen LogP contribution in [0.5, 0.6) is 0 Å². The number of nitrogens with one attached hydrogen (secondary N) is 3. The lowest BCUT2D eigenvalue weighted by Crippen LogP contribution is -2.28. The number of hydrogen-bond acceptors (Lipinski definition) is 7. The van der Waals surface area contributed by atoms with E-state index in [2.05, 4.69) is 41.2 Å². The topological polar surface area (TPSA) is 95.8 Å². The molecule has 3 N–H and O–H groups in total. The van der Waals surface area contributed by atoms with Crippen LogP contribution in [0.4, 0.5) is 10.8 Å². The highest BCUT2D eigenvalue weighted by Crippen LogP contribution is 2.30. The van der Waals surface area contributed by atoms with Crippen LogP contribution >= 0.6 is 11.5 Å². The van der Waals surface area contributed by atoms with Gasteiger partial charge in [0.2, 0.25) is 0 Å². The number of H-pyrrole nitrogens is 1. The van der Waals surface area contributed by atoms with Crippen molar-refractivity contribution in [3.63, 3.8) is 0 Å². The predicted octanol–water partition coefficient (Wildman–Crippen LogP) is 2.79. The summed E-state index contributed by atoms with van der Waals surface area (Å²) >= 11 is 1.47. The van der Waals surface area contributed by atoms with Crippen LogP contribution in [0.25, 0.3) is 16.9 Å². The van der Waals surface area contributed by atoms with Gasteiger partial charge in [0.1, 0.15) is 5.00 Å². The summed E-state index contributed by atoms with van der Waals surface area (Å²) in [5, 5.41) is 14.7. The highest BCUT2D eigenvalue weighted by Gasteiger charge is 2.19. The molecule has 9 heteroatoms. The van der Waals surface area contributed by atoms with Gasteiger partial charge in [-0.15, -0.1) is 0 Å². The fraction of sp³-hybridized carbons (Fsp3) is 0.294. The number of fused-ring (bicyclic) bond motifs is 1. The molecule has 1 aliphatic heterocycles. The van der Waals surface area contributed by atoms with Gasteiger partial charge in [-0.2, -0.15) is 9.47 Å². The minimum Gasteiger partial charge on any atom is -0.328 e. The van der Waals surface area contributed by atoms with Crippen molar-refractivity contribution >= 4 is 28.0 Å². The van der Waals surface area contributed by atoms with Gasteiger partial charge in [-0.25, -0.2) is 9.97 Å². The number of aromatic nitrogens is 6. The molecule has 1 fully saturated rings. The van der Waals surface area contributed by atoms with Gasteiger partial charge in [-0.1, -0.05) is 0 Å². The molecule has 5 rings (SSSR count). The Bertz CT molecular complexity index is 1010. The fourth-order valence-electron chi connectivity index (χ4n) is 3.37. The summed E-state index contributed by atoms with van der Waals surface area (Å²) in [4.78, 5) is 9.01. The summed E-state index contributed by atoms with van der Waals surface area (Å²) in [5.41, 5.74) is 3.88. The van der Waals surface area contributed by atoms with Crippen molar-refractivity contribution < 1.29 is 0 Å². The molecular weight excluding hydrogens is 348 g/mol. The van der Waals surface area contributed by atoms with Crippen LogP contribution < -0.4 is 10.6 Å². The molecule has 1 saturated heterocycles. The minimum absolute atomic E-state index is 0.499. The van der Waals surface area contributed by atoms with E-state index in [1.807, 2.05) is 23.0 Å². The summed E-state index contributed by atoms with van der Waals surface area (Å²) in [6, 6.07) is 2.13. The maximum absolute atomic E-state index is 4.63. The Labute approximate surface area is 153 Å². The standard InChI is InChI=1S/C17H18N8S/c1-2-11(7-18-3-1)13-6-15(26-24-13)23-16-17-20-10-14(12-8-21-22-9-12)25(17)5-4-19-16/h4-6,8-11,18H,1-3,7H2,(H,19,23)(H,21,22). The highest BCUT2D eigenvalue weighted by molar-refractivity contribution is 7.10. The molecule has 1 unspecified atom stereocenters. The molecule has 0 spiro atoms. The molecular formula is C17H18N8S. The van der Waals surface area contributed by atoms with Crippen LogP contribution in [0.2, 0.25) is 0 Å². The molecule has 1 aliphatic rings. The Balaban J connectivity index is 1.44. The first-order chi connectivity index (χ1) is 12.9. The second-order valence-electron chi connectivity index (χ2n) is 6.38. The molecule has 0 radical (unpaired) electrons. The number of piperidine rings is 1. The van der Waals surface area contributed by atoms with Crippen molar-refractivity contribution in [2.24, 2.45) is 0 Å². The molecule has 4 aromatic rings. The molecule has 0 saturated carbocycles. The molecule has 5 heterocycles. The lowest BCUT2D eigenvalue weighted by atomic mass is 9.96. The van der Waals surface area contributed by atoms with Crippen molar-refractivity contribution in [1.82, 2.24) is 34.3 Å². The highest BCUT2D eigenvalue weighted by atomic mass is 32.1. The summed E-state index contributed by atoms with van der Waals surface area (Å²) in [5.74, 6) is 1.22. The predicted molar refractivity (Wildman–Crippen MR) is 101 cm³/mol. The molecule has 1 atom stereocenters. The van der Waals surface area contributed by atoms with Gasteiger partial charge in [-0.3, -0.25) is 9.50 Å². The molecule has 0 amide bonds. The van der Waals surface area contributed by atoms with E-state index in [4.69, 9.17) is 0 Å². The Morgan fingerprint density at radius 2 is 2.27 bits per heavy atom. The second-order valence-corrected chi connectivity index (χ2v) is 7.19. The third kappa shape index (κ3) is 2.74. The van der Waals surface area contributed by atoms with Gasteiger partial charge in [0.05, 0.1) is 23.8 Å². The van der Waals surface area contributed by atoms with Crippen LogP contribution in [0, 0.1) is 0 Å². The molecule has 0 aromatic carbocycles. The number of anilines is 2. The number of rotatable bonds is 4. The average molecular weight is 366 g/mol. The molecule has 26 heavy (non-hydrogen) atoms. The fourth-order valence-corrected chi connectivity index (χ4v) is 4.09. The smallest absolute Gasteiger partial charge is 0.180 e. The Hall–Kier alpha value is -2.78. The van der Waals surface area contributed by atoms with Crippen LogP contribution in [-0.2, 0) is 0 Å². The second kappa shape index (κ2) is 6.50. The Kier molecular flexibility index (Phi) is 3.87. The van der Waals surface area contributed by atoms with Crippen LogP contribution in [0.3, 0.4) is 0 Å². The summed E-state index contributed by atoms with van der Waals surface area (Å²) in [7, 11) is 0. The van der Waals surface area contributed by atoms with Crippen molar-refractivity contribution in [3.05, 3.63) is 42.7 Å². The molecule has 8 nitrogen and oxygen atoms in total. The Morgan fingerprint density at radius 1 is 1.27 bits per heavy atom. The first-order valence-corrected chi connectivity index (χ1v) is 9.41. The van der Waals surface area contributed by atoms with Crippen molar-refractivity contribution in [2.75, 3.05) is 18.4 Å². The lowest BCUT2D eigenvalue weighted by Gasteiger charge is -2.20. The van der Waals surface area contributed by atoms with E-state index in [-0.39, 0.29) is 0 Å². The quantitative estimate of drug-likeness (QED) is 0.514. The summed E-state index contributed by atoms with van der Waals surface area (Å²) in [6.45, 7) is 2.11.